The molecule has 0 aromatic rings. The molecule has 1 saturated carbocycles. The van der Waals surface area contributed by atoms with Crippen LogP contribution in [-0.2, 0) is 19.1 Å². The van der Waals surface area contributed by atoms with Crippen LogP contribution in [0, 0.1) is 17.3 Å². The van der Waals surface area contributed by atoms with Crippen molar-refractivity contribution in [2.24, 2.45) is 17.3 Å². The molecule has 4 nitrogen and oxygen atoms in total. The molecule has 0 bridgehead atoms. The highest BCUT2D eigenvalue weighted by molar-refractivity contribution is 6.22. The van der Waals surface area contributed by atoms with Crippen LogP contribution in [0.3, 0.4) is 0 Å². The van der Waals surface area contributed by atoms with Crippen LogP contribution in [0.25, 0.3) is 0 Å². The van der Waals surface area contributed by atoms with E-state index in [1.165, 1.54) is 13.8 Å². The summed E-state index contributed by atoms with van der Waals surface area (Å²) in [5.41, 5.74) is -2.33. The Morgan fingerprint density at radius 2 is 1.14 bits per heavy atom. The third kappa shape index (κ3) is 4.94. The second kappa shape index (κ2) is 9.93. The molecule has 0 amide bonds. The minimum Gasteiger partial charge on any atom is -0.465 e. The summed E-state index contributed by atoms with van der Waals surface area (Å²) in [6, 6.07) is 0. The summed E-state index contributed by atoms with van der Waals surface area (Å²) in [6.07, 6.45) is -4.11. The molecule has 0 aliphatic heterocycles. The van der Waals surface area contributed by atoms with E-state index in [4.69, 9.17) is 9.47 Å². The van der Waals surface area contributed by atoms with Gasteiger partial charge in [-0.15, -0.1) is 0 Å². The predicted molar refractivity (Wildman–Crippen MR) is 97.7 cm³/mol. The SMILES string of the molecule is CCOC(=O)C1(C(=O)OCC)C[C@H](CC(F)(F)C(F)(F)C(F)(F)C(F)(F)C(F)(F)C(F)(F)Cl)[C@@H](C)C1. The molecular weight excluding hydrogens is 556 g/mol. The number of hydrogen-bond acceptors (Lipinski definition) is 4. The minimum atomic E-state index is -7.75. The van der Waals surface area contributed by atoms with E-state index in [0.717, 1.165) is 6.92 Å². The summed E-state index contributed by atoms with van der Waals surface area (Å²) >= 11 is 3.66. The number of carbonyl (C=O) groups excluding carboxylic acids is 2. The van der Waals surface area contributed by atoms with Crippen molar-refractivity contribution < 1.29 is 71.7 Å². The highest BCUT2D eigenvalue weighted by Crippen LogP contribution is 2.62. The lowest BCUT2D eigenvalue weighted by atomic mass is 9.83. The van der Waals surface area contributed by atoms with Gasteiger partial charge in [-0.05, 0) is 50.1 Å². The lowest BCUT2D eigenvalue weighted by molar-refractivity contribution is -0.418. The van der Waals surface area contributed by atoms with Crippen molar-refractivity contribution in [1.29, 1.82) is 0 Å². The standard InChI is InChI=1S/C19H21ClF12O4/c1-4-35-11(33)13(12(34)36-5-2)6-9(3)10(7-13)8-14(21,22)15(23,24)16(25,26)17(27,28)18(29,30)19(20,31)32/h9-10H,4-8H2,1-3H3/t9-,10+/m0/s1. The number of carbonyl (C=O) groups is 2. The van der Waals surface area contributed by atoms with Crippen LogP contribution >= 0.6 is 11.6 Å². The average Bonchev–Trinajstić information content (AvgIpc) is 3.03. The first-order chi connectivity index (χ1) is 15.9. The largest absolute Gasteiger partial charge is 0.465 e. The monoisotopic (exact) mass is 576 g/mol. The fraction of sp³-hybridized carbons (Fsp3) is 0.895. The first kappa shape index (κ1) is 32.4. The van der Waals surface area contributed by atoms with Gasteiger partial charge in [0.05, 0.1) is 13.2 Å². The van der Waals surface area contributed by atoms with Gasteiger partial charge in [-0.3, -0.25) is 9.59 Å². The van der Waals surface area contributed by atoms with Crippen LogP contribution < -0.4 is 0 Å². The highest BCUT2D eigenvalue weighted by Gasteiger charge is 2.90. The second-order valence-electron chi connectivity index (χ2n) is 8.37. The van der Waals surface area contributed by atoms with Gasteiger partial charge in [-0.25, -0.2) is 0 Å². The molecule has 0 unspecified atom stereocenters. The number of esters is 2. The maximum absolute atomic E-state index is 14.4. The summed E-state index contributed by atoms with van der Waals surface area (Å²) in [5.74, 6) is -42.3. The lowest BCUT2D eigenvalue weighted by Gasteiger charge is -2.40. The van der Waals surface area contributed by atoms with Gasteiger partial charge in [0.1, 0.15) is 0 Å². The minimum absolute atomic E-state index is 0.325. The van der Waals surface area contributed by atoms with E-state index in [1.54, 1.807) is 0 Å². The Bertz CT molecular complexity index is 810. The van der Waals surface area contributed by atoms with Crippen molar-refractivity contribution in [3.05, 3.63) is 0 Å². The second-order valence-corrected chi connectivity index (χ2v) is 8.85. The zero-order valence-electron chi connectivity index (χ0n) is 18.7. The van der Waals surface area contributed by atoms with E-state index in [2.05, 4.69) is 11.6 Å². The van der Waals surface area contributed by atoms with Gasteiger partial charge in [0.2, 0.25) is 0 Å². The number of ether oxygens (including phenoxy) is 2. The van der Waals surface area contributed by atoms with E-state index in [1.807, 2.05) is 0 Å². The van der Waals surface area contributed by atoms with Crippen molar-refractivity contribution in [3.8, 4) is 0 Å². The van der Waals surface area contributed by atoms with Gasteiger partial charge in [-0.1, -0.05) is 6.92 Å². The predicted octanol–water partition coefficient (Wildman–Crippen LogP) is 6.54. The molecule has 212 valence electrons. The Hall–Kier alpha value is -1.61. The first-order valence-electron chi connectivity index (χ1n) is 10.2. The van der Waals surface area contributed by atoms with E-state index in [-0.39, 0.29) is 13.2 Å². The van der Waals surface area contributed by atoms with Gasteiger partial charge in [-0.2, -0.15) is 52.7 Å². The fourth-order valence-electron chi connectivity index (χ4n) is 3.94. The molecule has 1 fully saturated rings. The Morgan fingerprint density at radius 3 is 1.50 bits per heavy atom. The topological polar surface area (TPSA) is 52.6 Å². The molecule has 0 aromatic heterocycles. The molecule has 0 aromatic carbocycles. The third-order valence-electron chi connectivity index (χ3n) is 5.94. The number of alkyl halides is 13. The Labute approximate surface area is 201 Å². The molecule has 2 atom stereocenters. The van der Waals surface area contributed by atoms with Gasteiger partial charge in [0.15, 0.2) is 5.41 Å². The maximum Gasteiger partial charge on any atom is 0.393 e. The van der Waals surface area contributed by atoms with E-state index >= 15 is 0 Å². The molecule has 17 heteroatoms. The lowest BCUT2D eigenvalue weighted by Crippen LogP contribution is -2.70. The van der Waals surface area contributed by atoms with Crippen LogP contribution in [0.15, 0.2) is 0 Å². The zero-order valence-corrected chi connectivity index (χ0v) is 19.5. The van der Waals surface area contributed by atoms with Crippen molar-refractivity contribution in [2.45, 2.75) is 75.0 Å². The number of hydrogen-bond donors (Lipinski definition) is 0. The third-order valence-corrected chi connectivity index (χ3v) is 6.17. The molecule has 0 heterocycles. The van der Waals surface area contributed by atoms with Gasteiger partial charge in [0.25, 0.3) is 0 Å². The highest BCUT2D eigenvalue weighted by atomic mass is 35.5. The van der Waals surface area contributed by atoms with Crippen molar-refractivity contribution >= 4 is 23.5 Å². The molecular formula is C19H21ClF12O4. The summed E-state index contributed by atoms with van der Waals surface area (Å²) in [6.45, 7) is 2.98. The quantitative estimate of drug-likeness (QED) is 0.121. The van der Waals surface area contributed by atoms with Crippen LogP contribution in [-0.4, -0.2) is 60.1 Å². The molecule has 0 spiro atoms. The smallest absolute Gasteiger partial charge is 0.393 e. The summed E-state index contributed by atoms with van der Waals surface area (Å²) in [7, 11) is 0. The van der Waals surface area contributed by atoms with E-state index in [0.29, 0.717) is 0 Å². The van der Waals surface area contributed by atoms with Gasteiger partial charge >= 0.3 is 46.9 Å². The van der Waals surface area contributed by atoms with Gasteiger partial charge in [0, 0.05) is 6.42 Å². The van der Waals surface area contributed by atoms with Crippen molar-refractivity contribution in [2.75, 3.05) is 13.2 Å². The van der Waals surface area contributed by atoms with Crippen LogP contribution in [0.4, 0.5) is 52.7 Å². The molecule has 1 aliphatic carbocycles. The van der Waals surface area contributed by atoms with Crippen molar-refractivity contribution in [1.82, 2.24) is 0 Å². The molecule has 1 rings (SSSR count). The van der Waals surface area contributed by atoms with Crippen LogP contribution in [0.1, 0.15) is 40.0 Å². The summed E-state index contributed by atoms with van der Waals surface area (Å²) in [4.78, 5) is 24.8. The Morgan fingerprint density at radius 1 is 0.750 bits per heavy atom. The normalized spacial score (nSPS) is 21.9. The number of rotatable bonds is 11. The van der Waals surface area contributed by atoms with Crippen molar-refractivity contribution in [3.63, 3.8) is 0 Å². The van der Waals surface area contributed by atoms with Gasteiger partial charge < -0.3 is 9.47 Å². The van der Waals surface area contributed by atoms with Crippen LogP contribution in [0.2, 0.25) is 0 Å². The maximum atomic E-state index is 14.4. The Balaban J connectivity index is 3.42. The number of halogens is 13. The van der Waals surface area contributed by atoms with E-state index in [9.17, 15) is 62.3 Å². The fourth-order valence-corrected chi connectivity index (χ4v) is 4.06. The first-order valence-corrected chi connectivity index (χ1v) is 10.6. The molecule has 1 aliphatic rings. The zero-order chi connectivity index (χ0) is 28.8. The summed E-state index contributed by atoms with van der Waals surface area (Å²) in [5, 5.41) is -6.52. The Kier molecular flexibility index (Phi) is 8.94. The molecule has 0 saturated heterocycles. The molecule has 0 radical (unpaired) electrons. The average molecular weight is 577 g/mol. The molecule has 36 heavy (non-hydrogen) atoms. The van der Waals surface area contributed by atoms with Crippen LogP contribution in [0.5, 0.6) is 0 Å². The molecule has 0 N–H and O–H groups in total. The van der Waals surface area contributed by atoms with E-state index < -0.39 is 83.4 Å². The summed E-state index contributed by atoms with van der Waals surface area (Å²) < 4.78 is 173.